The lowest BCUT2D eigenvalue weighted by molar-refractivity contribution is 0.0837. The van der Waals surface area contributed by atoms with Crippen LogP contribution >= 0.6 is 0 Å². The standard InChI is InChI=1S/C13H31N3O2/c1-6-16(12(2)10-15(3)4)11-13(17)9-14-7-8-18-5/h12-14,17H,6-11H2,1-5H3. The first-order chi connectivity index (χ1) is 8.51. The molecule has 2 unspecified atom stereocenters. The van der Waals surface area contributed by atoms with E-state index in [9.17, 15) is 5.11 Å². The van der Waals surface area contributed by atoms with E-state index in [2.05, 4.69) is 43.1 Å². The molecule has 0 fully saturated rings. The van der Waals surface area contributed by atoms with Crippen LogP contribution in [-0.2, 0) is 4.74 Å². The van der Waals surface area contributed by atoms with Crippen LogP contribution in [0, 0.1) is 0 Å². The Labute approximate surface area is 112 Å². The summed E-state index contributed by atoms with van der Waals surface area (Å²) in [4.78, 5) is 4.49. The second-order valence-electron chi connectivity index (χ2n) is 5.05. The van der Waals surface area contributed by atoms with Crippen LogP contribution < -0.4 is 5.32 Å². The zero-order valence-electron chi connectivity index (χ0n) is 12.6. The summed E-state index contributed by atoms with van der Waals surface area (Å²) in [7, 11) is 5.83. The molecule has 0 aliphatic carbocycles. The van der Waals surface area contributed by atoms with Crippen LogP contribution in [0.15, 0.2) is 0 Å². The minimum atomic E-state index is -0.327. The molecule has 0 aromatic carbocycles. The summed E-state index contributed by atoms with van der Waals surface area (Å²) in [5, 5.41) is 13.2. The lowest BCUT2D eigenvalue weighted by atomic mass is 10.2. The van der Waals surface area contributed by atoms with Crippen molar-refractivity contribution in [3.05, 3.63) is 0 Å². The molecule has 18 heavy (non-hydrogen) atoms. The molecule has 0 saturated carbocycles. The fourth-order valence-corrected chi connectivity index (χ4v) is 2.04. The molecule has 2 N–H and O–H groups in total. The van der Waals surface area contributed by atoms with Crippen molar-refractivity contribution in [3.63, 3.8) is 0 Å². The predicted molar refractivity (Wildman–Crippen MR) is 76.0 cm³/mol. The van der Waals surface area contributed by atoms with Crippen LogP contribution in [-0.4, -0.2) is 87.6 Å². The van der Waals surface area contributed by atoms with Crippen LogP contribution in [0.5, 0.6) is 0 Å². The molecule has 0 amide bonds. The maximum atomic E-state index is 9.97. The van der Waals surface area contributed by atoms with Crippen molar-refractivity contribution >= 4 is 0 Å². The lowest BCUT2D eigenvalue weighted by Gasteiger charge is -2.31. The number of hydrogen-bond donors (Lipinski definition) is 2. The van der Waals surface area contributed by atoms with Crippen LogP contribution in [0.4, 0.5) is 0 Å². The van der Waals surface area contributed by atoms with Crippen molar-refractivity contribution < 1.29 is 9.84 Å². The number of rotatable bonds is 11. The van der Waals surface area contributed by atoms with Gasteiger partial charge in [-0.2, -0.15) is 0 Å². The van der Waals surface area contributed by atoms with E-state index >= 15 is 0 Å². The molecule has 0 bridgehead atoms. The Morgan fingerprint density at radius 3 is 2.44 bits per heavy atom. The Bertz CT molecular complexity index is 191. The van der Waals surface area contributed by atoms with Gasteiger partial charge in [0.15, 0.2) is 0 Å². The summed E-state index contributed by atoms with van der Waals surface area (Å²) >= 11 is 0. The number of nitrogens with zero attached hydrogens (tertiary/aromatic N) is 2. The van der Waals surface area contributed by atoms with Crippen molar-refractivity contribution in [1.82, 2.24) is 15.1 Å². The van der Waals surface area contributed by atoms with E-state index in [0.717, 1.165) is 19.6 Å². The van der Waals surface area contributed by atoms with Crippen molar-refractivity contribution in [2.75, 3.05) is 60.5 Å². The zero-order valence-corrected chi connectivity index (χ0v) is 12.6. The highest BCUT2D eigenvalue weighted by Crippen LogP contribution is 2.01. The largest absolute Gasteiger partial charge is 0.390 e. The SMILES string of the molecule is CCN(CC(O)CNCCOC)C(C)CN(C)C. The van der Waals surface area contributed by atoms with E-state index in [0.29, 0.717) is 25.7 Å². The van der Waals surface area contributed by atoms with Crippen LogP contribution in [0.1, 0.15) is 13.8 Å². The molecule has 0 radical (unpaired) electrons. The summed E-state index contributed by atoms with van der Waals surface area (Å²) in [6, 6.07) is 0.457. The Balaban J connectivity index is 3.88. The number of likely N-dealkylation sites (N-methyl/N-ethyl adjacent to an activating group) is 2. The summed E-state index contributed by atoms with van der Waals surface area (Å²) < 4.78 is 4.95. The molecule has 0 aliphatic heterocycles. The van der Waals surface area contributed by atoms with E-state index < -0.39 is 0 Å². The Morgan fingerprint density at radius 2 is 1.94 bits per heavy atom. The maximum Gasteiger partial charge on any atom is 0.0791 e. The van der Waals surface area contributed by atoms with Gasteiger partial charge in [0.05, 0.1) is 12.7 Å². The van der Waals surface area contributed by atoms with Gasteiger partial charge in [0.1, 0.15) is 0 Å². The minimum Gasteiger partial charge on any atom is -0.390 e. The highest BCUT2D eigenvalue weighted by molar-refractivity contribution is 4.73. The van der Waals surface area contributed by atoms with Gasteiger partial charge < -0.3 is 20.1 Å². The van der Waals surface area contributed by atoms with Gasteiger partial charge in [0.2, 0.25) is 0 Å². The van der Waals surface area contributed by atoms with E-state index in [1.165, 1.54) is 0 Å². The monoisotopic (exact) mass is 261 g/mol. The molecule has 5 heteroatoms. The molecule has 110 valence electrons. The molecule has 0 rings (SSSR count). The van der Waals surface area contributed by atoms with Crippen molar-refractivity contribution in [2.24, 2.45) is 0 Å². The zero-order chi connectivity index (χ0) is 14.0. The highest BCUT2D eigenvalue weighted by atomic mass is 16.5. The third-order valence-electron chi connectivity index (χ3n) is 2.97. The Hall–Kier alpha value is -0.200. The van der Waals surface area contributed by atoms with Gasteiger partial charge in [-0.25, -0.2) is 0 Å². The topological polar surface area (TPSA) is 48.0 Å². The van der Waals surface area contributed by atoms with E-state index in [4.69, 9.17) is 4.74 Å². The van der Waals surface area contributed by atoms with Crippen LogP contribution in [0.2, 0.25) is 0 Å². The smallest absolute Gasteiger partial charge is 0.0791 e. The first kappa shape index (κ1) is 17.8. The second kappa shape index (κ2) is 10.7. The molecule has 0 aliphatic rings. The maximum absolute atomic E-state index is 9.97. The summed E-state index contributed by atoms with van der Waals surface area (Å²) in [5.41, 5.74) is 0. The Kier molecular flexibility index (Phi) is 10.6. The van der Waals surface area contributed by atoms with Gasteiger partial charge in [-0.05, 0) is 27.6 Å². The predicted octanol–water partition coefficient (Wildman–Crippen LogP) is -0.145. The van der Waals surface area contributed by atoms with Gasteiger partial charge in [0, 0.05) is 39.3 Å². The minimum absolute atomic E-state index is 0.327. The molecular formula is C13H31N3O2. The third-order valence-corrected chi connectivity index (χ3v) is 2.97. The number of aliphatic hydroxyl groups excluding tert-OH is 1. The summed E-state index contributed by atoms with van der Waals surface area (Å²) in [6.07, 6.45) is -0.327. The molecule has 5 nitrogen and oxygen atoms in total. The summed E-state index contributed by atoms with van der Waals surface area (Å²) in [5.74, 6) is 0. The fourth-order valence-electron chi connectivity index (χ4n) is 2.04. The lowest BCUT2D eigenvalue weighted by Crippen LogP contribution is -2.46. The van der Waals surface area contributed by atoms with Crippen molar-refractivity contribution in [1.29, 1.82) is 0 Å². The molecule has 2 atom stereocenters. The quantitative estimate of drug-likeness (QED) is 0.507. The molecule has 0 heterocycles. The number of hydrogen-bond acceptors (Lipinski definition) is 5. The van der Waals surface area contributed by atoms with Crippen molar-refractivity contribution in [3.8, 4) is 0 Å². The fraction of sp³-hybridized carbons (Fsp3) is 1.00. The number of nitrogens with one attached hydrogen (secondary N) is 1. The van der Waals surface area contributed by atoms with Crippen LogP contribution in [0.25, 0.3) is 0 Å². The normalized spacial score (nSPS) is 15.3. The average Bonchev–Trinajstić information content (AvgIpc) is 2.30. The van der Waals surface area contributed by atoms with Gasteiger partial charge in [-0.15, -0.1) is 0 Å². The second-order valence-corrected chi connectivity index (χ2v) is 5.05. The first-order valence-electron chi connectivity index (χ1n) is 6.77. The molecule has 0 saturated heterocycles. The van der Waals surface area contributed by atoms with Gasteiger partial charge >= 0.3 is 0 Å². The van der Waals surface area contributed by atoms with E-state index in [1.54, 1.807) is 7.11 Å². The molecule has 0 aromatic rings. The average molecular weight is 261 g/mol. The van der Waals surface area contributed by atoms with Gasteiger partial charge in [0.25, 0.3) is 0 Å². The number of methoxy groups -OCH3 is 1. The van der Waals surface area contributed by atoms with Gasteiger partial charge in [-0.1, -0.05) is 6.92 Å². The third kappa shape index (κ3) is 8.83. The first-order valence-corrected chi connectivity index (χ1v) is 6.77. The molecule has 0 aromatic heterocycles. The van der Waals surface area contributed by atoms with Gasteiger partial charge in [-0.3, -0.25) is 4.90 Å². The molecular weight excluding hydrogens is 230 g/mol. The van der Waals surface area contributed by atoms with E-state index in [-0.39, 0.29) is 6.10 Å². The number of aliphatic hydroxyl groups is 1. The summed E-state index contributed by atoms with van der Waals surface area (Å²) in [6.45, 7) is 9.11. The Morgan fingerprint density at radius 1 is 1.28 bits per heavy atom. The van der Waals surface area contributed by atoms with E-state index in [1.807, 2.05) is 0 Å². The molecule has 0 spiro atoms. The van der Waals surface area contributed by atoms with Crippen molar-refractivity contribution in [2.45, 2.75) is 26.0 Å². The van der Waals surface area contributed by atoms with Crippen LogP contribution in [0.3, 0.4) is 0 Å². The number of ether oxygens (including phenoxy) is 1. The highest BCUT2D eigenvalue weighted by Gasteiger charge is 2.16.